The summed E-state index contributed by atoms with van der Waals surface area (Å²) in [6.07, 6.45) is 4.96. The van der Waals surface area contributed by atoms with Crippen LogP contribution in [0.5, 0.6) is 0 Å². The molecular formula is C17H24N6OS. The van der Waals surface area contributed by atoms with Crippen molar-refractivity contribution in [2.24, 2.45) is 4.99 Å². The number of aliphatic imine (C=N–C) groups is 1. The summed E-state index contributed by atoms with van der Waals surface area (Å²) in [5.74, 6) is 3.23. The molecule has 0 saturated carbocycles. The molecule has 3 heterocycles. The van der Waals surface area contributed by atoms with Crippen molar-refractivity contribution in [1.82, 2.24) is 25.8 Å². The van der Waals surface area contributed by atoms with Crippen LogP contribution in [0, 0.1) is 0 Å². The van der Waals surface area contributed by atoms with Gasteiger partial charge in [-0.1, -0.05) is 11.2 Å². The fourth-order valence-electron chi connectivity index (χ4n) is 2.56. The van der Waals surface area contributed by atoms with Crippen LogP contribution >= 0.6 is 11.8 Å². The van der Waals surface area contributed by atoms with Gasteiger partial charge in [0.05, 0.1) is 6.54 Å². The lowest BCUT2D eigenvalue weighted by Gasteiger charge is -2.11. The Kier molecular flexibility index (Phi) is 6.67. The molecule has 1 fully saturated rings. The van der Waals surface area contributed by atoms with E-state index in [4.69, 9.17) is 4.52 Å². The van der Waals surface area contributed by atoms with Gasteiger partial charge >= 0.3 is 0 Å². The van der Waals surface area contributed by atoms with Crippen LogP contribution in [0.3, 0.4) is 0 Å². The minimum absolute atomic E-state index is 0.453. The Balaban J connectivity index is 1.48. The maximum absolute atomic E-state index is 5.27. The van der Waals surface area contributed by atoms with Gasteiger partial charge in [0.25, 0.3) is 5.89 Å². The van der Waals surface area contributed by atoms with Crippen molar-refractivity contribution < 1.29 is 4.52 Å². The molecule has 2 aromatic heterocycles. The van der Waals surface area contributed by atoms with Gasteiger partial charge in [0.15, 0.2) is 11.8 Å². The van der Waals surface area contributed by atoms with Crippen molar-refractivity contribution in [2.75, 3.05) is 25.4 Å². The van der Waals surface area contributed by atoms with Gasteiger partial charge in [-0.2, -0.15) is 16.7 Å². The van der Waals surface area contributed by atoms with Crippen LogP contribution < -0.4 is 10.6 Å². The van der Waals surface area contributed by atoms with Crippen LogP contribution in [0.1, 0.15) is 25.6 Å². The molecule has 1 saturated heterocycles. The van der Waals surface area contributed by atoms with Crippen molar-refractivity contribution >= 4 is 17.7 Å². The maximum Gasteiger partial charge on any atom is 0.276 e. The quantitative estimate of drug-likeness (QED) is 0.577. The number of nitrogens with zero attached hydrogens (tertiary/aromatic N) is 4. The molecule has 25 heavy (non-hydrogen) atoms. The number of hydrogen-bond donors (Lipinski definition) is 2. The first-order chi connectivity index (χ1) is 12.3. The van der Waals surface area contributed by atoms with Crippen LogP contribution in [0.2, 0.25) is 0 Å². The molecule has 1 unspecified atom stereocenters. The number of nitrogens with one attached hydrogen (secondary N) is 2. The SMILES string of the molecule is CCNC(=NCC1CCCS1)NCCc1noc(-c2ccccn2)n1. The Morgan fingerprint density at radius 3 is 3.12 bits per heavy atom. The van der Waals surface area contributed by atoms with Crippen LogP contribution in [0.25, 0.3) is 11.6 Å². The fourth-order valence-corrected chi connectivity index (χ4v) is 3.74. The van der Waals surface area contributed by atoms with Gasteiger partial charge < -0.3 is 15.2 Å². The fraction of sp³-hybridized carbons (Fsp3) is 0.529. The Bertz CT molecular complexity index is 669. The minimum Gasteiger partial charge on any atom is -0.357 e. The van der Waals surface area contributed by atoms with Crippen molar-refractivity contribution in [3.63, 3.8) is 0 Å². The molecule has 0 aromatic carbocycles. The second-order valence-corrected chi connectivity index (χ2v) is 7.17. The van der Waals surface area contributed by atoms with E-state index >= 15 is 0 Å². The number of thioether (sulfide) groups is 1. The molecule has 2 N–H and O–H groups in total. The molecule has 0 bridgehead atoms. The number of rotatable bonds is 7. The molecule has 2 aromatic rings. The Labute approximate surface area is 152 Å². The van der Waals surface area contributed by atoms with Gasteiger partial charge in [-0.3, -0.25) is 9.98 Å². The molecule has 1 aliphatic rings. The summed E-state index contributed by atoms with van der Waals surface area (Å²) in [4.78, 5) is 13.3. The van der Waals surface area contributed by atoms with E-state index in [1.54, 1.807) is 6.20 Å². The molecular weight excluding hydrogens is 336 g/mol. The highest BCUT2D eigenvalue weighted by Gasteiger charge is 2.15. The first-order valence-corrected chi connectivity index (χ1v) is 9.78. The summed E-state index contributed by atoms with van der Waals surface area (Å²) in [7, 11) is 0. The van der Waals surface area contributed by atoms with Gasteiger partial charge in [0.2, 0.25) is 0 Å². The highest BCUT2D eigenvalue weighted by Crippen LogP contribution is 2.25. The Hall–Kier alpha value is -2.09. The lowest BCUT2D eigenvalue weighted by atomic mass is 10.2. The summed E-state index contributed by atoms with van der Waals surface area (Å²) in [6, 6.07) is 5.61. The Morgan fingerprint density at radius 2 is 2.36 bits per heavy atom. The number of pyridine rings is 1. The maximum atomic E-state index is 5.27. The lowest BCUT2D eigenvalue weighted by Crippen LogP contribution is -2.38. The third kappa shape index (κ3) is 5.45. The second-order valence-electron chi connectivity index (χ2n) is 5.76. The van der Waals surface area contributed by atoms with Gasteiger partial charge in [0.1, 0.15) is 5.69 Å². The standard InChI is InChI=1S/C17H24N6OS/c1-2-18-17(21-12-13-6-5-11-25-13)20-10-8-15-22-16(24-23-15)14-7-3-4-9-19-14/h3-4,7,9,13H,2,5-6,8,10-12H2,1H3,(H2,18,20,21). The third-order valence-corrected chi connectivity index (χ3v) is 5.19. The summed E-state index contributed by atoms with van der Waals surface area (Å²) in [6.45, 7) is 4.48. The van der Waals surface area contributed by atoms with Crippen molar-refractivity contribution in [3.05, 3.63) is 30.2 Å². The molecule has 3 rings (SSSR count). The van der Waals surface area contributed by atoms with Crippen molar-refractivity contribution in [3.8, 4) is 11.6 Å². The predicted molar refractivity (Wildman–Crippen MR) is 101 cm³/mol. The number of guanidine groups is 1. The molecule has 8 heteroatoms. The van der Waals surface area contributed by atoms with E-state index in [9.17, 15) is 0 Å². The monoisotopic (exact) mass is 360 g/mol. The highest BCUT2D eigenvalue weighted by atomic mass is 32.2. The summed E-state index contributed by atoms with van der Waals surface area (Å²) in [5.41, 5.74) is 0.693. The van der Waals surface area contributed by atoms with Gasteiger partial charge in [-0.15, -0.1) is 0 Å². The smallest absolute Gasteiger partial charge is 0.276 e. The second kappa shape index (κ2) is 9.41. The zero-order chi connectivity index (χ0) is 17.3. The average molecular weight is 360 g/mol. The topological polar surface area (TPSA) is 88.2 Å². The van der Waals surface area contributed by atoms with E-state index in [0.29, 0.717) is 35.6 Å². The Morgan fingerprint density at radius 1 is 1.40 bits per heavy atom. The van der Waals surface area contributed by atoms with Crippen LogP contribution in [0.15, 0.2) is 33.9 Å². The molecule has 0 radical (unpaired) electrons. The van der Waals surface area contributed by atoms with E-state index in [2.05, 4.69) is 37.7 Å². The molecule has 1 aliphatic heterocycles. The zero-order valence-corrected chi connectivity index (χ0v) is 15.3. The summed E-state index contributed by atoms with van der Waals surface area (Å²) in [5, 5.41) is 11.3. The highest BCUT2D eigenvalue weighted by molar-refractivity contribution is 8.00. The molecule has 134 valence electrons. The largest absolute Gasteiger partial charge is 0.357 e. The average Bonchev–Trinajstić information content (AvgIpc) is 3.32. The van der Waals surface area contributed by atoms with Gasteiger partial charge in [-0.25, -0.2) is 0 Å². The molecule has 7 nitrogen and oxygen atoms in total. The van der Waals surface area contributed by atoms with Gasteiger partial charge in [0, 0.05) is 31.0 Å². The van der Waals surface area contributed by atoms with Crippen LogP contribution in [-0.4, -0.2) is 51.7 Å². The van der Waals surface area contributed by atoms with Gasteiger partial charge in [-0.05, 0) is 37.7 Å². The van der Waals surface area contributed by atoms with E-state index in [-0.39, 0.29) is 0 Å². The summed E-state index contributed by atoms with van der Waals surface area (Å²) < 4.78 is 5.27. The normalized spacial score (nSPS) is 17.6. The van der Waals surface area contributed by atoms with Crippen molar-refractivity contribution in [2.45, 2.75) is 31.4 Å². The molecule has 0 aliphatic carbocycles. The van der Waals surface area contributed by atoms with Crippen molar-refractivity contribution in [1.29, 1.82) is 0 Å². The molecule has 0 spiro atoms. The van der Waals surface area contributed by atoms with E-state index in [1.807, 2.05) is 30.0 Å². The molecule has 0 amide bonds. The van der Waals surface area contributed by atoms with E-state index in [1.165, 1.54) is 18.6 Å². The lowest BCUT2D eigenvalue weighted by molar-refractivity contribution is 0.421. The predicted octanol–water partition coefficient (Wildman–Crippen LogP) is 2.12. The van der Waals surface area contributed by atoms with Crippen LogP contribution in [-0.2, 0) is 6.42 Å². The number of hydrogen-bond acceptors (Lipinski definition) is 6. The van der Waals surface area contributed by atoms with Crippen LogP contribution in [0.4, 0.5) is 0 Å². The minimum atomic E-state index is 0.453. The van der Waals surface area contributed by atoms with E-state index < -0.39 is 0 Å². The van der Waals surface area contributed by atoms with E-state index in [0.717, 1.165) is 19.0 Å². The first-order valence-electron chi connectivity index (χ1n) is 8.73. The number of aromatic nitrogens is 3. The summed E-state index contributed by atoms with van der Waals surface area (Å²) >= 11 is 2.02. The molecule has 1 atom stereocenters. The third-order valence-electron chi connectivity index (χ3n) is 3.81. The first kappa shape index (κ1) is 17.7. The zero-order valence-electron chi connectivity index (χ0n) is 14.4.